The number of nitrogens with zero attached hydrogens (tertiary/aromatic N) is 1. The molecule has 1 aliphatic heterocycles. The second-order valence-electron chi connectivity index (χ2n) is 4.98. The van der Waals surface area contributed by atoms with E-state index >= 15 is 0 Å². The molecule has 1 nitrogen and oxygen atoms in total. The summed E-state index contributed by atoms with van der Waals surface area (Å²) in [7, 11) is 0. The van der Waals surface area contributed by atoms with Crippen LogP contribution in [-0.2, 0) is 0 Å². The molecule has 0 aromatic heterocycles. The topological polar surface area (TPSA) is 3.24 Å². The van der Waals surface area contributed by atoms with Crippen LogP contribution in [0.5, 0.6) is 0 Å². The molecule has 1 aliphatic rings. The molecule has 1 atom stereocenters. The Bertz CT molecular complexity index is 158. The first-order valence-corrected chi connectivity index (χ1v) is 4.87. The van der Waals surface area contributed by atoms with Gasteiger partial charge in [-0.1, -0.05) is 0 Å². The molecule has 78 valence electrons. The lowest BCUT2D eigenvalue weighted by Crippen LogP contribution is -2.51. The van der Waals surface area contributed by atoms with E-state index in [0.717, 1.165) is 19.9 Å². The van der Waals surface area contributed by atoms with Crippen LogP contribution in [0.3, 0.4) is 0 Å². The van der Waals surface area contributed by atoms with Crippen molar-refractivity contribution in [2.24, 2.45) is 0 Å². The van der Waals surface area contributed by atoms with E-state index in [0.29, 0.717) is 6.42 Å². The predicted molar refractivity (Wildman–Crippen MR) is 50.1 cm³/mol. The molecule has 0 N–H and O–H groups in total. The van der Waals surface area contributed by atoms with E-state index in [1.54, 1.807) is 0 Å². The van der Waals surface area contributed by atoms with Crippen molar-refractivity contribution in [1.29, 1.82) is 0 Å². The summed E-state index contributed by atoms with van der Waals surface area (Å²) < 4.78 is 26.3. The summed E-state index contributed by atoms with van der Waals surface area (Å²) in [5, 5.41) is 0. The Labute approximate surface area is 79.1 Å². The minimum absolute atomic E-state index is 0.138. The van der Waals surface area contributed by atoms with Crippen molar-refractivity contribution in [3.8, 4) is 0 Å². The lowest BCUT2D eigenvalue weighted by Gasteiger charge is -2.39. The largest absolute Gasteiger partial charge is 0.290 e. The van der Waals surface area contributed by atoms with Gasteiger partial charge in [-0.2, -0.15) is 0 Å². The zero-order valence-corrected chi connectivity index (χ0v) is 8.90. The summed E-state index contributed by atoms with van der Waals surface area (Å²) in [6.45, 7) is 7.82. The van der Waals surface area contributed by atoms with Crippen LogP contribution < -0.4 is 0 Å². The summed E-state index contributed by atoms with van der Waals surface area (Å²) in [6, 6.07) is -0.563. The van der Waals surface area contributed by atoms with Gasteiger partial charge in [-0.25, -0.2) is 8.78 Å². The van der Waals surface area contributed by atoms with Gasteiger partial charge in [-0.05, 0) is 40.2 Å². The Morgan fingerprint density at radius 1 is 1.15 bits per heavy atom. The highest BCUT2D eigenvalue weighted by molar-refractivity contribution is 4.93. The summed E-state index contributed by atoms with van der Waals surface area (Å²) in [6.07, 6.45) is 1.52. The van der Waals surface area contributed by atoms with Crippen LogP contribution in [0.25, 0.3) is 0 Å². The van der Waals surface area contributed by atoms with E-state index in [-0.39, 0.29) is 5.54 Å². The Kier molecular flexibility index (Phi) is 2.68. The zero-order chi connectivity index (χ0) is 10.3. The van der Waals surface area contributed by atoms with Gasteiger partial charge in [-0.3, -0.25) is 4.90 Å². The van der Waals surface area contributed by atoms with Crippen LogP contribution >= 0.6 is 0 Å². The third-order valence-electron chi connectivity index (χ3n) is 2.70. The quantitative estimate of drug-likeness (QED) is 0.616. The van der Waals surface area contributed by atoms with Gasteiger partial charge in [0, 0.05) is 12.5 Å². The van der Waals surface area contributed by atoms with E-state index in [1.165, 1.54) is 0 Å². The standard InChI is InChI=1S/C10H19F2N/c1-9(2,3)13-7-5-6-8(13)10(4,11)12/h8H,5-7H2,1-4H3. The first-order valence-electron chi connectivity index (χ1n) is 4.87. The monoisotopic (exact) mass is 191 g/mol. The van der Waals surface area contributed by atoms with Gasteiger partial charge >= 0.3 is 0 Å². The van der Waals surface area contributed by atoms with E-state index in [1.807, 2.05) is 25.7 Å². The smallest absolute Gasteiger partial charge is 0.260 e. The zero-order valence-electron chi connectivity index (χ0n) is 8.90. The van der Waals surface area contributed by atoms with E-state index in [4.69, 9.17) is 0 Å². The maximum atomic E-state index is 13.2. The Morgan fingerprint density at radius 2 is 1.69 bits per heavy atom. The number of likely N-dealkylation sites (tertiary alicyclic amines) is 1. The van der Waals surface area contributed by atoms with E-state index < -0.39 is 12.0 Å². The van der Waals surface area contributed by atoms with Crippen LogP contribution in [0.1, 0.15) is 40.5 Å². The van der Waals surface area contributed by atoms with Crippen LogP contribution in [0, 0.1) is 0 Å². The molecule has 0 saturated carbocycles. The molecular weight excluding hydrogens is 172 g/mol. The molecule has 1 heterocycles. The van der Waals surface area contributed by atoms with Gasteiger partial charge in [0.2, 0.25) is 0 Å². The maximum absolute atomic E-state index is 13.2. The Morgan fingerprint density at radius 3 is 2.00 bits per heavy atom. The van der Waals surface area contributed by atoms with Gasteiger partial charge in [0.1, 0.15) is 0 Å². The van der Waals surface area contributed by atoms with Crippen LogP contribution in [0.2, 0.25) is 0 Å². The van der Waals surface area contributed by atoms with Gasteiger partial charge in [0.15, 0.2) is 0 Å². The number of alkyl halides is 2. The number of hydrogen-bond donors (Lipinski definition) is 0. The van der Waals surface area contributed by atoms with Crippen molar-refractivity contribution in [2.75, 3.05) is 6.54 Å². The molecule has 0 aliphatic carbocycles. The summed E-state index contributed by atoms with van der Waals surface area (Å²) in [4.78, 5) is 1.92. The maximum Gasteiger partial charge on any atom is 0.260 e. The first kappa shape index (κ1) is 10.9. The molecule has 0 amide bonds. The third kappa shape index (κ3) is 2.39. The number of halogens is 2. The highest BCUT2D eigenvalue weighted by Crippen LogP contribution is 2.35. The lowest BCUT2D eigenvalue weighted by molar-refractivity contribution is -0.0746. The van der Waals surface area contributed by atoms with Crippen molar-refractivity contribution >= 4 is 0 Å². The lowest BCUT2D eigenvalue weighted by atomic mass is 10.0. The molecule has 0 radical (unpaired) electrons. The molecule has 13 heavy (non-hydrogen) atoms. The van der Waals surface area contributed by atoms with Crippen molar-refractivity contribution in [3.63, 3.8) is 0 Å². The molecule has 0 aromatic carbocycles. The Hall–Kier alpha value is -0.180. The van der Waals surface area contributed by atoms with E-state index in [2.05, 4.69) is 0 Å². The molecule has 1 unspecified atom stereocenters. The average Bonchev–Trinajstić information content (AvgIpc) is 2.27. The molecular formula is C10H19F2N. The fourth-order valence-electron chi connectivity index (χ4n) is 2.10. The minimum Gasteiger partial charge on any atom is -0.290 e. The predicted octanol–water partition coefficient (Wildman–Crippen LogP) is 2.90. The molecule has 0 bridgehead atoms. The minimum atomic E-state index is -2.57. The van der Waals surface area contributed by atoms with Crippen LogP contribution in [0.4, 0.5) is 8.78 Å². The highest BCUT2D eigenvalue weighted by Gasteiger charge is 2.44. The summed E-state index contributed by atoms with van der Waals surface area (Å²) in [5.41, 5.74) is -0.138. The van der Waals surface area contributed by atoms with Crippen molar-refractivity contribution in [1.82, 2.24) is 4.90 Å². The molecule has 0 spiro atoms. The third-order valence-corrected chi connectivity index (χ3v) is 2.70. The average molecular weight is 191 g/mol. The van der Waals surface area contributed by atoms with Crippen LogP contribution in [0.15, 0.2) is 0 Å². The van der Waals surface area contributed by atoms with Crippen LogP contribution in [-0.4, -0.2) is 28.9 Å². The van der Waals surface area contributed by atoms with Gasteiger partial charge in [-0.15, -0.1) is 0 Å². The number of rotatable bonds is 1. The molecule has 1 saturated heterocycles. The normalized spacial score (nSPS) is 26.8. The van der Waals surface area contributed by atoms with Gasteiger partial charge < -0.3 is 0 Å². The molecule has 3 heteroatoms. The molecule has 0 aromatic rings. The highest BCUT2D eigenvalue weighted by atomic mass is 19.3. The van der Waals surface area contributed by atoms with Gasteiger partial charge in [0.05, 0.1) is 6.04 Å². The molecule has 1 rings (SSSR count). The Balaban J connectivity index is 2.76. The van der Waals surface area contributed by atoms with Gasteiger partial charge in [0.25, 0.3) is 5.92 Å². The first-order chi connectivity index (χ1) is 5.73. The fraction of sp³-hybridized carbons (Fsp3) is 1.00. The van der Waals surface area contributed by atoms with Crippen molar-refractivity contribution in [3.05, 3.63) is 0 Å². The SMILES string of the molecule is CC(F)(F)C1CCCN1C(C)(C)C. The van der Waals surface area contributed by atoms with Crippen molar-refractivity contribution in [2.45, 2.75) is 58.0 Å². The fourth-order valence-corrected chi connectivity index (χ4v) is 2.10. The molecule has 1 fully saturated rings. The number of hydrogen-bond acceptors (Lipinski definition) is 1. The second kappa shape index (κ2) is 3.19. The summed E-state index contributed by atoms with van der Waals surface area (Å²) >= 11 is 0. The summed E-state index contributed by atoms with van der Waals surface area (Å²) in [5.74, 6) is -2.57. The van der Waals surface area contributed by atoms with E-state index in [9.17, 15) is 8.78 Å². The van der Waals surface area contributed by atoms with Crippen molar-refractivity contribution < 1.29 is 8.78 Å². The second-order valence-corrected chi connectivity index (χ2v) is 4.98.